The molecule has 0 bridgehead atoms. The van der Waals surface area contributed by atoms with E-state index in [1.807, 2.05) is 47.4 Å². The smallest absolute Gasteiger partial charge is 0.234 e. The summed E-state index contributed by atoms with van der Waals surface area (Å²) in [6.45, 7) is 2.30. The maximum Gasteiger partial charge on any atom is 0.234 e. The van der Waals surface area contributed by atoms with Crippen LogP contribution in [0.1, 0.15) is 24.0 Å². The second-order valence-corrected chi connectivity index (χ2v) is 10.3. The molecule has 3 aromatic carbocycles. The molecule has 6 rings (SSSR count). The summed E-state index contributed by atoms with van der Waals surface area (Å²) in [5.74, 6) is 0.874. The van der Waals surface area contributed by atoms with Gasteiger partial charge in [-0.1, -0.05) is 42.5 Å². The van der Waals surface area contributed by atoms with E-state index in [4.69, 9.17) is 4.74 Å². The van der Waals surface area contributed by atoms with E-state index in [0.29, 0.717) is 6.54 Å². The number of benzene rings is 3. The van der Waals surface area contributed by atoms with E-state index in [2.05, 4.69) is 46.3 Å². The van der Waals surface area contributed by atoms with Crippen LogP contribution in [0.3, 0.4) is 0 Å². The summed E-state index contributed by atoms with van der Waals surface area (Å²) in [6.07, 6.45) is 4.58. The molecule has 1 saturated heterocycles. The molecule has 3 heterocycles. The third kappa shape index (κ3) is 5.02. The number of rotatable bonds is 6. The maximum atomic E-state index is 14.0. The maximum absolute atomic E-state index is 14.0. The second-order valence-electron chi connectivity index (χ2n) is 10.3. The van der Waals surface area contributed by atoms with Gasteiger partial charge in [-0.3, -0.25) is 14.7 Å². The Labute approximate surface area is 223 Å². The van der Waals surface area contributed by atoms with Crippen LogP contribution in [0.4, 0.5) is 11.4 Å². The van der Waals surface area contributed by atoms with Crippen molar-refractivity contribution >= 4 is 28.2 Å². The molecule has 1 unspecified atom stereocenters. The minimum Gasteiger partial charge on any atom is -0.490 e. The van der Waals surface area contributed by atoms with Crippen LogP contribution in [0.15, 0.2) is 85.1 Å². The number of hydrogen-bond acceptors (Lipinski definition) is 5. The second kappa shape index (κ2) is 10.9. The molecule has 1 amide bonds. The summed E-state index contributed by atoms with van der Waals surface area (Å²) in [5, 5.41) is 11.6. The number of aryl methyl sites for hydroxylation is 2. The van der Waals surface area contributed by atoms with Crippen LogP contribution in [0.2, 0.25) is 0 Å². The SMILES string of the molecule is O=C(C1CCN(CC(O)COc2cccc3ncccc23)CC1)N1c2ccccc2CCc2ccccc21. The third-order valence-corrected chi connectivity index (χ3v) is 7.79. The quantitative estimate of drug-likeness (QED) is 0.391. The number of aliphatic hydroxyl groups is 1. The predicted octanol–water partition coefficient (Wildman–Crippen LogP) is 5.15. The lowest BCUT2D eigenvalue weighted by Crippen LogP contribution is -2.44. The van der Waals surface area contributed by atoms with Gasteiger partial charge in [-0.25, -0.2) is 0 Å². The molecule has 0 aliphatic carbocycles. The van der Waals surface area contributed by atoms with E-state index >= 15 is 0 Å². The molecule has 1 N–H and O–H groups in total. The lowest BCUT2D eigenvalue weighted by atomic mass is 9.94. The third-order valence-electron chi connectivity index (χ3n) is 7.79. The molecule has 6 nitrogen and oxygen atoms in total. The lowest BCUT2D eigenvalue weighted by Gasteiger charge is -2.35. The van der Waals surface area contributed by atoms with Crippen molar-refractivity contribution in [2.45, 2.75) is 31.8 Å². The Morgan fingerprint density at radius 2 is 1.58 bits per heavy atom. The van der Waals surface area contributed by atoms with Crippen LogP contribution < -0.4 is 9.64 Å². The zero-order chi connectivity index (χ0) is 25.9. The van der Waals surface area contributed by atoms with Gasteiger partial charge < -0.3 is 14.7 Å². The molecule has 2 aliphatic heterocycles. The van der Waals surface area contributed by atoms with E-state index in [1.165, 1.54) is 11.1 Å². The fraction of sp³-hybridized carbons (Fsp3) is 0.312. The van der Waals surface area contributed by atoms with Crippen LogP contribution in [-0.4, -0.2) is 53.2 Å². The average molecular weight is 508 g/mol. The monoisotopic (exact) mass is 507 g/mol. The molecule has 6 heteroatoms. The number of β-amino-alcohol motifs (C(OH)–C–C–N with tert-alkyl or cyclic N) is 1. The van der Waals surface area contributed by atoms with Crippen LogP contribution >= 0.6 is 0 Å². The lowest BCUT2D eigenvalue weighted by molar-refractivity contribution is -0.123. The van der Waals surface area contributed by atoms with Gasteiger partial charge >= 0.3 is 0 Å². The molecule has 0 spiro atoms. The van der Waals surface area contributed by atoms with Crippen molar-refractivity contribution < 1.29 is 14.6 Å². The summed E-state index contributed by atoms with van der Waals surface area (Å²) in [4.78, 5) is 22.5. The number of piperidine rings is 1. The van der Waals surface area contributed by atoms with E-state index in [0.717, 1.165) is 66.8 Å². The van der Waals surface area contributed by atoms with Crippen molar-refractivity contribution in [3.8, 4) is 5.75 Å². The predicted molar refractivity (Wildman–Crippen MR) is 150 cm³/mol. The molecule has 38 heavy (non-hydrogen) atoms. The number of amides is 1. The van der Waals surface area contributed by atoms with E-state index < -0.39 is 6.10 Å². The fourth-order valence-electron chi connectivity index (χ4n) is 5.80. The Hall–Kier alpha value is -3.74. The number of aliphatic hydroxyl groups excluding tert-OH is 1. The molecule has 1 atom stereocenters. The number of carbonyl (C=O) groups is 1. The van der Waals surface area contributed by atoms with Gasteiger partial charge in [-0.15, -0.1) is 0 Å². The minimum atomic E-state index is -0.612. The number of carbonyl (C=O) groups excluding carboxylic acids is 1. The van der Waals surface area contributed by atoms with Crippen molar-refractivity contribution in [1.82, 2.24) is 9.88 Å². The van der Waals surface area contributed by atoms with Gasteiger partial charge in [0.2, 0.25) is 5.91 Å². The van der Waals surface area contributed by atoms with Crippen LogP contribution in [0.25, 0.3) is 10.9 Å². The Kier molecular flexibility index (Phi) is 7.08. The number of hydrogen-bond donors (Lipinski definition) is 1. The average Bonchev–Trinajstić information content (AvgIpc) is 3.13. The molecule has 0 radical (unpaired) electrons. The first-order chi connectivity index (χ1) is 18.7. The molecule has 4 aromatic rings. The van der Waals surface area contributed by atoms with Gasteiger partial charge in [-0.2, -0.15) is 0 Å². The first-order valence-electron chi connectivity index (χ1n) is 13.5. The highest BCUT2D eigenvalue weighted by Crippen LogP contribution is 2.38. The number of fused-ring (bicyclic) bond motifs is 3. The highest BCUT2D eigenvalue weighted by molar-refractivity contribution is 6.03. The van der Waals surface area contributed by atoms with Crippen molar-refractivity contribution in [3.63, 3.8) is 0 Å². The van der Waals surface area contributed by atoms with Gasteiger partial charge in [-0.05, 0) is 86.3 Å². The van der Waals surface area contributed by atoms with Crippen molar-refractivity contribution in [1.29, 1.82) is 0 Å². The molecular weight excluding hydrogens is 474 g/mol. The summed E-state index contributed by atoms with van der Waals surface area (Å²) >= 11 is 0. The Bertz CT molecular complexity index is 1380. The van der Waals surface area contributed by atoms with E-state index in [9.17, 15) is 9.90 Å². The van der Waals surface area contributed by atoms with Gasteiger partial charge in [0, 0.05) is 24.0 Å². The number of pyridine rings is 1. The zero-order valence-corrected chi connectivity index (χ0v) is 21.5. The van der Waals surface area contributed by atoms with Crippen molar-refractivity contribution in [3.05, 3.63) is 96.2 Å². The Morgan fingerprint density at radius 3 is 2.29 bits per heavy atom. The van der Waals surface area contributed by atoms with E-state index in [1.54, 1.807) is 6.20 Å². The molecule has 1 fully saturated rings. The number of aromatic nitrogens is 1. The zero-order valence-electron chi connectivity index (χ0n) is 21.5. The standard InChI is InChI=1S/C32H33N3O3/c36-26(22-38-31-13-5-10-28-27(31)9-6-18-33-28)21-34-19-16-25(17-20-34)32(37)35-29-11-3-1-7-23(29)14-15-24-8-2-4-12-30(24)35/h1-13,18,25-26,36H,14-17,19-22H2. The number of nitrogens with zero attached hydrogens (tertiary/aromatic N) is 3. The topological polar surface area (TPSA) is 65.9 Å². The van der Waals surface area contributed by atoms with E-state index in [-0.39, 0.29) is 18.4 Å². The molecule has 2 aliphatic rings. The summed E-state index contributed by atoms with van der Waals surface area (Å²) in [6, 6.07) is 26.2. The summed E-state index contributed by atoms with van der Waals surface area (Å²) in [7, 11) is 0. The number of likely N-dealkylation sites (tertiary alicyclic amines) is 1. The first-order valence-corrected chi connectivity index (χ1v) is 13.5. The summed E-state index contributed by atoms with van der Waals surface area (Å²) < 4.78 is 5.96. The van der Waals surface area contributed by atoms with Crippen LogP contribution in [0.5, 0.6) is 5.75 Å². The van der Waals surface area contributed by atoms with Crippen LogP contribution in [0, 0.1) is 5.92 Å². The van der Waals surface area contributed by atoms with Crippen molar-refractivity contribution in [2.75, 3.05) is 31.1 Å². The Morgan fingerprint density at radius 1 is 0.895 bits per heavy atom. The number of ether oxygens (including phenoxy) is 1. The fourth-order valence-corrected chi connectivity index (χ4v) is 5.80. The summed E-state index contributed by atoms with van der Waals surface area (Å²) in [5.41, 5.74) is 5.35. The number of anilines is 2. The van der Waals surface area contributed by atoms with Gasteiger partial charge in [0.05, 0.1) is 16.9 Å². The highest BCUT2D eigenvalue weighted by atomic mass is 16.5. The molecular formula is C32H33N3O3. The van der Waals surface area contributed by atoms with Gasteiger partial charge in [0.1, 0.15) is 18.5 Å². The van der Waals surface area contributed by atoms with Crippen molar-refractivity contribution in [2.24, 2.45) is 5.92 Å². The van der Waals surface area contributed by atoms with Gasteiger partial charge in [0.15, 0.2) is 0 Å². The molecule has 0 saturated carbocycles. The molecule has 1 aromatic heterocycles. The number of para-hydroxylation sites is 2. The largest absolute Gasteiger partial charge is 0.490 e. The van der Waals surface area contributed by atoms with Crippen LogP contribution in [-0.2, 0) is 17.6 Å². The minimum absolute atomic E-state index is 0.0398. The highest BCUT2D eigenvalue weighted by Gasteiger charge is 2.33. The normalized spacial score (nSPS) is 16.9. The first kappa shape index (κ1) is 24.6. The van der Waals surface area contributed by atoms with Gasteiger partial charge in [0.25, 0.3) is 0 Å². The Balaban J connectivity index is 1.08. The molecule has 194 valence electrons.